The van der Waals surface area contributed by atoms with Crippen molar-refractivity contribution in [2.24, 2.45) is 0 Å². The van der Waals surface area contributed by atoms with E-state index in [1.165, 1.54) is 18.4 Å². The number of rotatable bonds is 2. The van der Waals surface area contributed by atoms with Gasteiger partial charge in [-0.1, -0.05) is 25.0 Å². The number of hydrogen-bond donors (Lipinski definition) is 0. The number of carbonyl (C=O) groups excluding carboxylic acids is 1. The lowest BCUT2D eigenvalue weighted by atomic mass is 9.82. The summed E-state index contributed by atoms with van der Waals surface area (Å²) in [7, 11) is 0. The molecule has 0 saturated heterocycles. The Morgan fingerprint density at radius 2 is 2.14 bits per heavy atom. The third kappa shape index (κ3) is 1.76. The number of esters is 1. The normalized spacial score (nSPS) is 22.6. The SMILES string of the molecule is CCOC(=O)c1cn2c3c(cccc3c1=O)C1CCCCC12. The Morgan fingerprint density at radius 1 is 1.32 bits per heavy atom. The first-order chi connectivity index (χ1) is 10.7. The van der Waals surface area contributed by atoms with Crippen molar-refractivity contribution in [1.29, 1.82) is 0 Å². The maximum Gasteiger partial charge on any atom is 0.343 e. The van der Waals surface area contributed by atoms with Gasteiger partial charge in [-0.25, -0.2) is 4.79 Å². The van der Waals surface area contributed by atoms with Gasteiger partial charge < -0.3 is 9.30 Å². The number of fused-ring (bicyclic) bond motifs is 3. The summed E-state index contributed by atoms with van der Waals surface area (Å²) in [5.41, 5.74) is 2.26. The molecule has 4 rings (SSSR count). The predicted molar refractivity (Wildman–Crippen MR) is 84.4 cm³/mol. The lowest BCUT2D eigenvalue weighted by Gasteiger charge is -2.27. The Balaban J connectivity index is 1.99. The second kappa shape index (κ2) is 4.97. The van der Waals surface area contributed by atoms with E-state index in [2.05, 4.69) is 10.6 Å². The Morgan fingerprint density at radius 3 is 2.95 bits per heavy atom. The van der Waals surface area contributed by atoms with Crippen molar-refractivity contribution < 1.29 is 9.53 Å². The number of carbonyl (C=O) groups is 1. The summed E-state index contributed by atoms with van der Waals surface area (Å²) in [5.74, 6) is -0.0305. The van der Waals surface area contributed by atoms with Gasteiger partial charge in [-0.2, -0.15) is 0 Å². The molecule has 2 aromatic rings. The van der Waals surface area contributed by atoms with Gasteiger partial charge in [0.25, 0.3) is 0 Å². The molecule has 2 heterocycles. The molecule has 4 heteroatoms. The zero-order valence-electron chi connectivity index (χ0n) is 12.7. The van der Waals surface area contributed by atoms with Crippen molar-refractivity contribution in [2.45, 2.75) is 44.6 Å². The van der Waals surface area contributed by atoms with Crippen LogP contribution in [-0.2, 0) is 4.74 Å². The number of nitrogens with zero attached hydrogens (tertiary/aromatic N) is 1. The van der Waals surface area contributed by atoms with Gasteiger partial charge in [0.05, 0.1) is 12.1 Å². The van der Waals surface area contributed by atoms with E-state index in [-0.39, 0.29) is 17.6 Å². The summed E-state index contributed by atoms with van der Waals surface area (Å²) < 4.78 is 7.23. The van der Waals surface area contributed by atoms with E-state index in [9.17, 15) is 9.59 Å². The first-order valence-corrected chi connectivity index (χ1v) is 8.07. The van der Waals surface area contributed by atoms with Gasteiger partial charge in [0, 0.05) is 23.5 Å². The van der Waals surface area contributed by atoms with Crippen molar-refractivity contribution in [1.82, 2.24) is 4.57 Å². The fourth-order valence-corrected chi connectivity index (χ4v) is 4.16. The molecule has 114 valence electrons. The molecule has 1 aliphatic carbocycles. The summed E-state index contributed by atoms with van der Waals surface area (Å²) in [5, 5.41) is 0.650. The lowest BCUT2D eigenvalue weighted by Crippen LogP contribution is -2.22. The van der Waals surface area contributed by atoms with Crippen LogP contribution in [-0.4, -0.2) is 17.1 Å². The summed E-state index contributed by atoms with van der Waals surface area (Å²) in [6.45, 7) is 2.03. The topological polar surface area (TPSA) is 48.3 Å². The average Bonchev–Trinajstić information content (AvgIpc) is 2.86. The van der Waals surface area contributed by atoms with Crippen LogP contribution in [0.25, 0.3) is 10.9 Å². The summed E-state index contributed by atoms with van der Waals surface area (Å²) in [6.07, 6.45) is 6.45. The molecule has 2 atom stereocenters. The van der Waals surface area contributed by atoms with Crippen LogP contribution in [0.2, 0.25) is 0 Å². The minimum atomic E-state index is -0.511. The number of hydrogen-bond acceptors (Lipinski definition) is 3. The van der Waals surface area contributed by atoms with Crippen LogP contribution in [0.5, 0.6) is 0 Å². The predicted octanol–water partition coefficient (Wildman–Crippen LogP) is 3.39. The van der Waals surface area contributed by atoms with Crippen LogP contribution in [0.4, 0.5) is 0 Å². The highest BCUT2D eigenvalue weighted by atomic mass is 16.5. The molecule has 1 aromatic heterocycles. The van der Waals surface area contributed by atoms with Crippen molar-refractivity contribution >= 4 is 16.9 Å². The van der Waals surface area contributed by atoms with E-state index in [4.69, 9.17) is 4.74 Å². The molecule has 2 unspecified atom stereocenters. The van der Waals surface area contributed by atoms with Gasteiger partial charge in [-0.15, -0.1) is 0 Å². The maximum absolute atomic E-state index is 12.7. The van der Waals surface area contributed by atoms with Crippen molar-refractivity contribution in [3.63, 3.8) is 0 Å². The van der Waals surface area contributed by atoms with Crippen LogP contribution in [0, 0.1) is 0 Å². The molecule has 0 bridgehead atoms. The van der Waals surface area contributed by atoms with Gasteiger partial charge in [-0.3, -0.25) is 4.79 Å². The maximum atomic E-state index is 12.7. The van der Waals surface area contributed by atoms with Crippen LogP contribution in [0.3, 0.4) is 0 Å². The van der Waals surface area contributed by atoms with Gasteiger partial charge in [-0.05, 0) is 31.4 Å². The first-order valence-electron chi connectivity index (χ1n) is 8.07. The average molecular weight is 297 g/mol. The van der Waals surface area contributed by atoms with E-state index in [1.807, 2.05) is 12.1 Å². The highest BCUT2D eigenvalue weighted by Crippen LogP contribution is 2.48. The summed E-state index contributed by atoms with van der Waals surface area (Å²) in [6, 6.07) is 6.29. The largest absolute Gasteiger partial charge is 0.462 e. The molecule has 4 nitrogen and oxygen atoms in total. The minimum Gasteiger partial charge on any atom is -0.462 e. The molecule has 0 N–H and O–H groups in total. The Labute approximate surface area is 128 Å². The second-order valence-electron chi connectivity index (χ2n) is 6.20. The molecule has 1 aliphatic heterocycles. The van der Waals surface area contributed by atoms with Gasteiger partial charge in [0.2, 0.25) is 5.43 Å². The fraction of sp³-hybridized carbons (Fsp3) is 0.444. The van der Waals surface area contributed by atoms with Gasteiger partial charge in [0.1, 0.15) is 5.56 Å². The zero-order valence-corrected chi connectivity index (χ0v) is 12.7. The Bertz CT molecular complexity index is 821. The van der Waals surface area contributed by atoms with E-state index in [0.29, 0.717) is 17.3 Å². The molecule has 2 aliphatic rings. The van der Waals surface area contributed by atoms with Crippen molar-refractivity contribution in [3.8, 4) is 0 Å². The molecular weight excluding hydrogens is 278 g/mol. The molecular formula is C18H19NO3. The number of para-hydroxylation sites is 1. The molecule has 0 radical (unpaired) electrons. The zero-order chi connectivity index (χ0) is 15.3. The third-order valence-electron chi connectivity index (χ3n) is 5.06. The minimum absolute atomic E-state index is 0.165. The van der Waals surface area contributed by atoms with Crippen LogP contribution < -0.4 is 5.43 Å². The highest BCUT2D eigenvalue weighted by molar-refractivity contribution is 5.95. The molecule has 1 aromatic carbocycles. The smallest absolute Gasteiger partial charge is 0.343 e. The van der Waals surface area contributed by atoms with Gasteiger partial charge in [0.15, 0.2) is 0 Å². The highest BCUT2D eigenvalue weighted by Gasteiger charge is 2.36. The third-order valence-corrected chi connectivity index (χ3v) is 5.06. The van der Waals surface area contributed by atoms with Crippen molar-refractivity contribution in [3.05, 3.63) is 45.7 Å². The summed E-state index contributed by atoms with van der Waals surface area (Å²) >= 11 is 0. The quantitative estimate of drug-likeness (QED) is 0.798. The molecule has 0 spiro atoms. The molecule has 1 fully saturated rings. The van der Waals surface area contributed by atoms with Crippen LogP contribution in [0.1, 0.15) is 60.5 Å². The second-order valence-corrected chi connectivity index (χ2v) is 6.20. The number of pyridine rings is 1. The van der Waals surface area contributed by atoms with Gasteiger partial charge >= 0.3 is 5.97 Å². The standard InChI is InChI=1S/C18H19NO3/c1-2-22-18(21)14-10-19-15-9-4-3-6-11(15)12-7-5-8-13(16(12)19)17(14)20/h5,7-8,10-11,15H,2-4,6,9H2,1H3. The Hall–Kier alpha value is -2.10. The fourth-order valence-electron chi connectivity index (χ4n) is 4.16. The molecule has 0 amide bonds. The van der Waals surface area contributed by atoms with Crippen LogP contribution >= 0.6 is 0 Å². The molecule has 22 heavy (non-hydrogen) atoms. The van der Waals surface area contributed by atoms with E-state index in [1.54, 1.807) is 13.1 Å². The number of benzene rings is 1. The first kappa shape index (κ1) is 13.6. The van der Waals surface area contributed by atoms with E-state index >= 15 is 0 Å². The monoisotopic (exact) mass is 297 g/mol. The molecule has 1 saturated carbocycles. The number of aromatic nitrogens is 1. The summed E-state index contributed by atoms with van der Waals surface area (Å²) in [4.78, 5) is 24.8. The van der Waals surface area contributed by atoms with E-state index in [0.717, 1.165) is 18.4 Å². The van der Waals surface area contributed by atoms with Crippen LogP contribution in [0.15, 0.2) is 29.2 Å². The van der Waals surface area contributed by atoms with Crippen molar-refractivity contribution in [2.75, 3.05) is 6.61 Å². The van der Waals surface area contributed by atoms with E-state index < -0.39 is 5.97 Å². The number of ether oxygens (including phenoxy) is 1. The lowest BCUT2D eigenvalue weighted by molar-refractivity contribution is 0.0524. The Kier molecular flexibility index (Phi) is 3.06.